The molecule has 0 spiro atoms. The average molecular weight is 425 g/mol. The summed E-state index contributed by atoms with van der Waals surface area (Å²) in [6, 6.07) is 7.47. The van der Waals surface area contributed by atoms with Crippen LogP contribution < -0.4 is 15.5 Å². The van der Waals surface area contributed by atoms with E-state index >= 15 is 0 Å². The van der Waals surface area contributed by atoms with Gasteiger partial charge in [-0.1, -0.05) is 35.5 Å². The third kappa shape index (κ3) is 7.40. The summed E-state index contributed by atoms with van der Waals surface area (Å²) in [7, 11) is 1.84. The molecule has 0 atom stereocenters. The number of thioether (sulfide) groups is 1. The summed E-state index contributed by atoms with van der Waals surface area (Å²) in [4.78, 5) is 26.8. The first-order valence-corrected chi connectivity index (χ1v) is 10.4. The number of ether oxygens (including phenoxy) is 1. The van der Waals surface area contributed by atoms with Crippen LogP contribution in [-0.2, 0) is 11.3 Å². The van der Waals surface area contributed by atoms with Gasteiger partial charge in [-0.15, -0.1) is 0 Å². The topological polar surface area (TPSA) is 92.3 Å². The standard InChI is InChI=1S/C18H25ClN6O2S/c1-12(2)21-15-22-16(24-17(23-15)28-4)25(3)9-10-27-18(26)20-11-13-5-7-14(19)8-6-13/h5-8,12H,9-11H2,1-4H3,(H,20,26)(H,21,22,23,24). The Hall–Kier alpha value is -2.26. The van der Waals surface area contributed by atoms with Crippen LogP contribution in [0.5, 0.6) is 0 Å². The number of aromatic nitrogens is 3. The third-order valence-corrected chi connectivity index (χ3v) is 4.35. The van der Waals surface area contributed by atoms with Crippen LogP contribution in [0, 0.1) is 0 Å². The molecule has 1 amide bonds. The molecule has 2 N–H and O–H groups in total. The molecule has 2 aromatic rings. The number of nitrogens with one attached hydrogen (secondary N) is 2. The second-order valence-corrected chi connectivity index (χ2v) is 7.49. The average Bonchev–Trinajstić information content (AvgIpc) is 2.66. The molecular weight excluding hydrogens is 400 g/mol. The van der Waals surface area contributed by atoms with Gasteiger partial charge in [0.15, 0.2) is 5.16 Å². The molecule has 10 heteroatoms. The predicted molar refractivity (Wildman–Crippen MR) is 113 cm³/mol. The number of alkyl carbamates (subject to hydrolysis) is 1. The first kappa shape index (κ1) is 22.0. The highest BCUT2D eigenvalue weighted by Gasteiger charge is 2.11. The zero-order valence-electron chi connectivity index (χ0n) is 16.4. The minimum absolute atomic E-state index is 0.205. The molecule has 1 heterocycles. The fourth-order valence-corrected chi connectivity index (χ4v) is 2.61. The lowest BCUT2D eigenvalue weighted by molar-refractivity contribution is 0.148. The van der Waals surface area contributed by atoms with Crippen molar-refractivity contribution in [2.45, 2.75) is 31.6 Å². The molecule has 2 rings (SSSR count). The second kappa shape index (κ2) is 10.9. The Morgan fingerprint density at radius 2 is 1.96 bits per heavy atom. The van der Waals surface area contributed by atoms with Gasteiger partial charge in [-0.05, 0) is 37.8 Å². The summed E-state index contributed by atoms with van der Waals surface area (Å²) < 4.78 is 5.22. The smallest absolute Gasteiger partial charge is 0.407 e. The highest BCUT2D eigenvalue weighted by atomic mass is 35.5. The summed E-state index contributed by atoms with van der Waals surface area (Å²) in [5, 5.41) is 7.17. The van der Waals surface area contributed by atoms with Gasteiger partial charge in [0.1, 0.15) is 6.61 Å². The Balaban J connectivity index is 1.81. The molecule has 0 saturated carbocycles. The highest BCUT2D eigenvalue weighted by Crippen LogP contribution is 2.16. The molecule has 0 bridgehead atoms. The van der Waals surface area contributed by atoms with Crippen LogP contribution in [0.15, 0.2) is 29.4 Å². The Kier molecular flexibility index (Phi) is 8.59. The maximum absolute atomic E-state index is 11.8. The molecule has 0 aliphatic heterocycles. The fraction of sp³-hybridized carbons (Fsp3) is 0.444. The number of hydrogen-bond acceptors (Lipinski definition) is 8. The van der Waals surface area contributed by atoms with Crippen LogP contribution in [-0.4, -0.2) is 53.5 Å². The van der Waals surface area contributed by atoms with E-state index in [1.165, 1.54) is 11.8 Å². The van der Waals surface area contributed by atoms with Gasteiger partial charge in [-0.25, -0.2) is 4.79 Å². The van der Waals surface area contributed by atoms with Gasteiger partial charge >= 0.3 is 6.09 Å². The van der Waals surface area contributed by atoms with Crippen molar-refractivity contribution in [1.82, 2.24) is 20.3 Å². The maximum Gasteiger partial charge on any atom is 0.407 e. The number of likely N-dealkylation sites (N-methyl/N-ethyl adjacent to an activating group) is 1. The SMILES string of the molecule is CSc1nc(NC(C)C)nc(N(C)CCOC(=O)NCc2ccc(Cl)cc2)n1. The van der Waals surface area contributed by atoms with Crippen molar-refractivity contribution in [1.29, 1.82) is 0 Å². The number of carbonyl (C=O) groups excluding carboxylic acids is 1. The number of halogens is 1. The Labute approximate surface area is 174 Å². The van der Waals surface area contributed by atoms with Gasteiger partial charge in [-0.3, -0.25) is 0 Å². The quantitative estimate of drug-likeness (QED) is 0.591. The van der Waals surface area contributed by atoms with Crippen molar-refractivity contribution < 1.29 is 9.53 Å². The Morgan fingerprint density at radius 3 is 2.61 bits per heavy atom. The molecule has 0 saturated heterocycles. The van der Waals surface area contributed by atoms with E-state index in [9.17, 15) is 4.79 Å². The van der Waals surface area contributed by atoms with Crippen LogP contribution in [0.4, 0.5) is 16.7 Å². The lowest BCUT2D eigenvalue weighted by atomic mass is 10.2. The lowest BCUT2D eigenvalue weighted by Gasteiger charge is -2.18. The van der Waals surface area contributed by atoms with Crippen LogP contribution in [0.3, 0.4) is 0 Å². The third-order valence-electron chi connectivity index (χ3n) is 3.55. The summed E-state index contributed by atoms with van der Waals surface area (Å²) in [6.45, 7) is 5.06. The van der Waals surface area contributed by atoms with E-state index in [0.29, 0.717) is 35.2 Å². The maximum atomic E-state index is 11.8. The number of hydrogen-bond donors (Lipinski definition) is 2. The molecule has 8 nitrogen and oxygen atoms in total. The van der Waals surface area contributed by atoms with Crippen molar-refractivity contribution in [3.05, 3.63) is 34.9 Å². The Morgan fingerprint density at radius 1 is 1.25 bits per heavy atom. The molecule has 152 valence electrons. The second-order valence-electron chi connectivity index (χ2n) is 6.28. The van der Waals surface area contributed by atoms with E-state index in [2.05, 4.69) is 25.6 Å². The van der Waals surface area contributed by atoms with Gasteiger partial charge in [0, 0.05) is 24.7 Å². The first-order chi connectivity index (χ1) is 13.4. The number of carbonyl (C=O) groups is 1. The number of rotatable bonds is 9. The molecule has 0 aliphatic carbocycles. The lowest BCUT2D eigenvalue weighted by Crippen LogP contribution is -2.30. The fourth-order valence-electron chi connectivity index (χ4n) is 2.13. The van der Waals surface area contributed by atoms with Crippen molar-refractivity contribution in [3.8, 4) is 0 Å². The monoisotopic (exact) mass is 424 g/mol. The van der Waals surface area contributed by atoms with E-state index in [4.69, 9.17) is 16.3 Å². The molecule has 0 radical (unpaired) electrons. The van der Waals surface area contributed by atoms with Gasteiger partial charge in [0.05, 0.1) is 6.54 Å². The summed E-state index contributed by atoms with van der Waals surface area (Å²) in [5.41, 5.74) is 0.943. The number of amides is 1. The van der Waals surface area contributed by atoms with Crippen molar-refractivity contribution in [2.75, 3.05) is 36.7 Å². The zero-order chi connectivity index (χ0) is 20.5. The van der Waals surface area contributed by atoms with Crippen molar-refractivity contribution in [2.24, 2.45) is 0 Å². The minimum Gasteiger partial charge on any atom is -0.448 e. The van der Waals surface area contributed by atoms with E-state index in [-0.39, 0.29) is 12.6 Å². The number of anilines is 2. The molecule has 28 heavy (non-hydrogen) atoms. The first-order valence-electron chi connectivity index (χ1n) is 8.80. The van der Waals surface area contributed by atoms with E-state index in [1.807, 2.05) is 44.2 Å². The summed E-state index contributed by atoms with van der Waals surface area (Å²) in [5.74, 6) is 1.05. The zero-order valence-corrected chi connectivity index (χ0v) is 18.0. The van der Waals surface area contributed by atoms with E-state index in [1.54, 1.807) is 12.1 Å². The van der Waals surface area contributed by atoms with Crippen LogP contribution >= 0.6 is 23.4 Å². The van der Waals surface area contributed by atoms with Gasteiger partial charge < -0.3 is 20.3 Å². The molecular formula is C18H25ClN6O2S. The molecule has 1 aromatic carbocycles. The van der Waals surface area contributed by atoms with Gasteiger partial charge in [0.2, 0.25) is 11.9 Å². The Bertz CT molecular complexity index is 775. The van der Waals surface area contributed by atoms with Gasteiger partial charge in [-0.2, -0.15) is 15.0 Å². The number of benzene rings is 1. The van der Waals surface area contributed by atoms with Crippen LogP contribution in [0.25, 0.3) is 0 Å². The van der Waals surface area contributed by atoms with E-state index in [0.717, 1.165) is 5.56 Å². The minimum atomic E-state index is -0.481. The largest absolute Gasteiger partial charge is 0.448 e. The summed E-state index contributed by atoms with van der Waals surface area (Å²) in [6.07, 6.45) is 1.43. The number of nitrogens with zero attached hydrogens (tertiary/aromatic N) is 4. The molecule has 0 fully saturated rings. The predicted octanol–water partition coefficient (Wildman–Crippen LogP) is 3.43. The van der Waals surface area contributed by atoms with E-state index < -0.39 is 6.09 Å². The normalized spacial score (nSPS) is 10.6. The van der Waals surface area contributed by atoms with Gasteiger partial charge in [0.25, 0.3) is 0 Å². The van der Waals surface area contributed by atoms with Crippen LogP contribution in [0.2, 0.25) is 5.02 Å². The molecule has 1 aromatic heterocycles. The molecule has 0 aliphatic rings. The van der Waals surface area contributed by atoms with Crippen LogP contribution in [0.1, 0.15) is 19.4 Å². The van der Waals surface area contributed by atoms with Crippen molar-refractivity contribution >= 4 is 41.4 Å². The molecule has 0 unspecified atom stereocenters. The van der Waals surface area contributed by atoms with Crippen molar-refractivity contribution in [3.63, 3.8) is 0 Å². The highest BCUT2D eigenvalue weighted by molar-refractivity contribution is 7.98. The summed E-state index contributed by atoms with van der Waals surface area (Å²) >= 11 is 7.28.